The van der Waals surface area contributed by atoms with E-state index in [9.17, 15) is 0 Å². The summed E-state index contributed by atoms with van der Waals surface area (Å²) in [4.78, 5) is 8.36. The number of hydrogen-bond donors (Lipinski definition) is 1. The number of rotatable bonds is 2. The molecule has 5 nitrogen and oxygen atoms in total. The monoisotopic (exact) mass is 232 g/mol. The number of anilines is 1. The van der Waals surface area contributed by atoms with Crippen LogP contribution in [0.5, 0.6) is 0 Å². The molecule has 0 amide bonds. The van der Waals surface area contributed by atoms with Crippen LogP contribution in [-0.2, 0) is 0 Å². The summed E-state index contributed by atoms with van der Waals surface area (Å²) in [5, 5.41) is 7.07. The predicted octanol–water partition coefficient (Wildman–Crippen LogP) is 2.65. The van der Waals surface area contributed by atoms with Crippen LogP contribution in [0.3, 0.4) is 0 Å². The Labute approximate surface area is 100 Å². The van der Waals surface area contributed by atoms with Gasteiger partial charge in [-0.2, -0.15) is 4.98 Å². The van der Waals surface area contributed by atoms with Gasteiger partial charge in [-0.25, -0.2) is 0 Å². The van der Waals surface area contributed by atoms with Gasteiger partial charge in [-0.05, 0) is 39.3 Å². The lowest BCUT2D eigenvalue weighted by atomic mass is 10.1. The summed E-state index contributed by atoms with van der Waals surface area (Å²) in [7, 11) is 0. The minimum atomic E-state index is -0.103. The second-order valence-electron chi connectivity index (χ2n) is 4.99. The van der Waals surface area contributed by atoms with Crippen LogP contribution >= 0.6 is 0 Å². The smallest absolute Gasteiger partial charge is 0.322 e. The van der Waals surface area contributed by atoms with E-state index in [0.29, 0.717) is 11.8 Å². The molecule has 17 heavy (non-hydrogen) atoms. The largest absolute Gasteiger partial charge is 0.333 e. The number of hydrogen-bond acceptors (Lipinski definition) is 5. The molecule has 0 aliphatic heterocycles. The highest BCUT2D eigenvalue weighted by atomic mass is 16.5. The fourth-order valence-corrected chi connectivity index (χ4v) is 1.40. The Bertz CT molecular complexity index is 513. The van der Waals surface area contributed by atoms with Crippen molar-refractivity contribution in [2.75, 3.05) is 5.32 Å². The number of aromatic nitrogens is 3. The van der Waals surface area contributed by atoms with Gasteiger partial charge in [-0.1, -0.05) is 5.16 Å². The molecule has 1 N–H and O–H groups in total. The third-order valence-electron chi connectivity index (χ3n) is 2.19. The molecule has 0 bridgehead atoms. The molecular weight excluding hydrogens is 216 g/mol. The van der Waals surface area contributed by atoms with E-state index in [1.165, 1.54) is 0 Å². The predicted molar refractivity (Wildman–Crippen MR) is 65.6 cm³/mol. The second kappa shape index (κ2) is 4.16. The standard InChI is InChI=1S/C12H16N4O/c1-8-5-6-13-7-9(8)10-14-11(17-16-10)15-12(2,3)4/h5-7H,1-4H3,(H,14,15,16). The van der Waals surface area contributed by atoms with E-state index in [1.54, 1.807) is 12.4 Å². The van der Waals surface area contributed by atoms with Gasteiger partial charge in [0.25, 0.3) is 0 Å². The molecule has 0 spiro atoms. The zero-order chi connectivity index (χ0) is 12.5. The maximum atomic E-state index is 5.15. The van der Waals surface area contributed by atoms with Gasteiger partial charge in [0.2, 0.25) is 5.82 Å². The van der Waals surface area contributed by atoms with Gasteiger partial charge in [0, 0.05) is 23.5 Å². The van der Waals surface area contributed by atoms with E-state index in [4.69, 9.17) is 4.52 Å². The van der Waals surface area contributed by atoms with E-state index in [1.807, 2.05) is 33.8 Å². The molecule has 0 saturated heterocycles. The zero-order valence-electron chi connectivity index (χ0n) is 10.5. The Balaban J connectivity index is 2.28. The van der Waals surface area contributed by atoms with Crippen molar-refractivity contribution in [3.8, 4) is 11.4 Å². The molecule has 2 aromatic heterocycles. The van der Waals surface area contributed by atoms with Crippen LogP contribution in [0.25, 0.3) is 11.4 Å². The third kappa shape index (κ3) is 2.81. The molecule has 2 aromatic rings. The lowest BCUT2D eigenvalue weighted by Crippen LogP contribution is -2.26. The lowest BCUT2D eigenvalue weighted by molar-refractivity contribution is 0.420. The quantitative estimate of drug-likeness (QED) is 0.862. The van der Waals surface area contributed by atoms with E-state index >= 15 is 0 Å². The van der Waals surface area contributed by atoms with Crippen molar-refractivity contribution >= 4 is 6.01 Å². The highest BCUT2D eigenvalue weighted by molar-refractivity contribution is 5.58. The van der Waals surface area contributed by atoms with Gasteiger partial charge >= 0.3 is 6.01 Å². The molecule has 2 rings (SSSR count). The summed E-state index contributed by atoms with van der Waals surface area (Å²) in [5.74, 6) is 0.558. The summed E-state index contributed by atoms with van der Waals surface area (Å²) in [6.45, 7) is 8.09. The molecule has 0 aromatic carbocycles. The Morgan fingerprint density at radius 1 is 1.29 bits per heavy atom. The zero-order valence-corrected chi connectivity index (χ0v) is 10.5. The molecule has 0 aliphatic carbocycles. The molecule has 0 radical (unpaired) electrons. The lowest BCUT2D eigenvalue weighted by Gasteiger charge is -2.17. The van der Waals surface area contributed by atoms with Gasteiger partial charge in [0.05, 0.1) is 0 Å². The average molecular weight is 232 g/mol. The van der Waals surface area contributed by atoms with Crippen LogP contribution in [0, 0.1) is 6.92 Å². The molecule has 0 fully saturated rings. The second-order valence-corrected chi connectivity index (χ2v) is 4.99. The van der Waals surface area contributed by atoms with E-state index < -0.39 is 0 Å². The average Bonchev–Trinajstić information content (AvgIpc) is 2.64. The maximum absolute atomic E-state index is 5.15. The minimum Gasteiger partial charge on any atom is -0.333 e. The minimum absolute atomic E-state index is 0.103. The van der Waals surface area contributed by atoms with Crippen molar-refractivity contribution in [2.45, 2.75) is 33.2 Å². The van der Waals surface area contributed by atoms with E-state index in [0.717, 1.165) is 11.1 Å². The van der Waals surface area contributed by atoms with Crippen molar-refractivity contribution in [3.63, 3.8) is 0 Å². The summed E-state index contributed by atoms with van der Waals surface area (Å²) in [6, 6.07) is 2.35. The number of pyridine rings is 1. The van der Waals surface area contributed by atoms with Crippen molar-refractivity contribution in [1.29, 1.82) is 0 Å². The van der Waals surface area contributed by atoms with Crippen LogP contribution < -0.4 is 5.32 Å². The Morgan fingerprint density at radius 2 is 2.06 bits per heavy atom. The van der Waals surface area contributed by atoms with Crippen LogP contribution in [0.4, 0.5) is 6.01 Å². The highest BCUT2D eigenvalue weighted by Crippen LogP contribution is 2.21. The first-order valence-electron chi connectivity index (χ1n) is 5.48. The van der Waals surface area contributed by atoms with Gasteiger partial charge in [-0.3, -0.25) is 4.98 Å². The summed E-state index contributed by atoms with van der Waals surface area (Å²) < 4.78 is 5.15. The number of aryl methyl sites for hydroxylation is 1. The summed E-state index contributed by atoms with van der Waals surface area (Å²) in [5.41, 5.74) is 1.86. The summed E-state index contributed by atoms with van der Waals surface area (Å²) in [6.07, 6.45) is 3.48. The Morgan fingerprint density at radius 3 is 2.71 bits per heavy atom. The topological polar surface area (TPSA) is 63.8 Å². The van der Waals surface area contributed by atoms with Gasteiger partial charge in [0.15, 0.2) is 0 Å². The van der Waals surface area contributed by atoms with Crippen LogP contribution in [0.2, 0.25) is 0 Å². The third-order valence-corrected chi connectivity index (χ3v) is 2.19. The van der Waals surface area contributed by atoms with Crippen LogP contribution in [0.15, 0.2) is 23.0 Å². The van der Waals surface area contributed by atoms with Crippen LogP contribution in [-0.4, -0.2) is 20.7 Å². The molecule has 0 unspecified atom stereocenters. The van der Waals surface area contributed by atoms with Crippen molar-refractivity contribution in [3.05, 3.63) is 24.0 Å². The molecular formula is C12H16N4O. The van der Waals surface area contributed by atoms with Gasteiger partial charge in [0.1, 0.15) is 0 Å². The number of nitrogens with zero attached hydrogens (tertiary/aromatic N) is 3. The Kier molecular flexibility index (Phi) is 2.83. The Hall–Kier alpha value is -1.91. The molecule has 0 atom stereocenters. The molecule has 0 saturated carbocycles. The first-order valence-corrected chi connectivity index (χ1v) is 5.48. The molecule has 2 heterocycles. The molecule has 0 aliphatic rings. The SMILES string of the molecule is Cc1ccncc1-c1noc(NC(C)(C)C)n1. The molecule has 5 heteroatoms. The maximum Gasteiger partial charge on any atom is 0.322 e. The number of nitrogens with one attached hydrogen (secondary N) is 1. The van der Waals surface area contributed by atoms with E-state index in [-0.39, 0.29) is 5.54 Å². The fourth-order valence-electron chi connectivity index (χ4n) is 1.40. The van der Waals surface area contributed by atoms with Gasteiger partial charge < -0.3 is 9.84 Å². The molecule has 90 valence electrons. The first kappa shape index (κ1) is 11.6. The van der Waals surface area contributed by atoms with Crippen molar-refractivity contribution in [2.24, 2.45) is 0 Å². The van der Waals surface area contributed by atoms with Crippen LogP contribution in [0.1, 0.15) is 26.3 Å². The highest BCUT2D eigenvalue weighted by Gasteiger charge is 2.16. The van der Waals surface area contributed by atoms with Gasteiger partial charge in [-0.15, -0.1) is 0 Å². The normalized spacial score (nSPS) is 11.5. The first-order chi connectivity index (χ1) is 7.96. The van der Waals surface area contributed by atoms with Crippen molar-refractivity contribution in [1.82, 2.24) is 15.1 Å². The van der Waals surface area contributed by atoms with Crippen molar-refractivity contribution < 1.29 is 4.52 Å². The summed E-state index contributed by atoms with van der Waals surface area (Å²) >= 11 is 0. The fraction of sp³-hybridized carbons (Fsp3) is 0.417. The van der Waals surface area contributed by atoms with E-state index in [2.05, 4.69) is 20.4 Å².